The van der Waals surface area contributed by atoms with Crippen molar-refractivity contribution in [3.05, 3.63) is 71.8 Å². The van der Waals surface area contributed by atoms with E-state index in [0.29, 0.717) is 31.2 Å². The molecule has 1 fully saturated rings. The molecule has 3 aromatic rings. The van der Waals surface area contributed by atoms with Crippen LogP contribution in [0.25, 0.3) is 11.1 Å². The molecule has 1 saturated heterocycles. The van der Waals surface area contributed by atoms with Crippen molar-refractivity contribution in [2.24, 2.45) is 0 Å². The Hall–Kier alpha value is -3.03. The first kappa shape index (κ1) is 21.2. The topological polar surface area (TPSA) is 50.7 Å². The third kappa shape index (κ3) is 4.84. The Morgan fingerprint density at radius 1 is 1.16 bits per heavy atom. The number of aromatic nitrogens is 2. The Labute approximate surface area is 182 Å². The van der Waals surface area contributed by atoms with Gasteiger partial charge in [0.1, 0.15) is 17.7 Å². The van der Waals surface area contributed by atoms with E-state index < -0.39 is 0 Å². The fraction of sp³-hybridized carbons (Fsp3) is 0.333. The van der Waals surface area contributed by atoms with Crippen LogP contribution < -0.4 is 9.64 Å². The van der Waals surface area contributed by atoms with Crippen LogP contribution in [0.15, 0.2) is 54.7 Å². The van der Waals surface area contributed by atoms with E-state index in [1.54, 1.807) is 13.2 Å². The van der Waals surface area contributed by atoms with E-state index in [1.807, 2.05) is 61.6 Å². The lowest BCUT2D eigenvalue weighted by atomic mass is 10.0. The molecule has 2 heterocycles. The van der Waals surface area contributed by atoms with Gasteiger partial charge in [0.15, 0.2) is 0 Å². The number of rotatable bonds is 6. The van der Waals surface area contributed by atoms with Crippen LogP contribution in [-0.2, 0) is 11.3 Å². The predicted molar refractivity (Wildman–Crippen MR) is 119 cm³/mol. The third-order valence-electron chi connectivity index (χ3n) is 5.41. The molecule has 1 aliphatic heterocycles. The number of anilines is 1. The van der Waals surface area contributed by atoms with Crippen molar-refractivity contribution in [3.8, 4) is 16.9 Å². The summed E-state index contributed by atoms with van der Waals surface area (Å²) < 4.78 is 25.6. The van der Waals surface area contributed by atoms with Gasteiger partial charge in [-0.2, -0.15) is 0 Å². The second-order valence-electron chi connectivity index (χ2n) is 7.78. The summed E-state index contributed by atoms with van der Waals surface area (Å²) in [4.78, 5) is 13.4. The van der Waals surface area contributed by atoms with Gasteiger partial charge in [0.2, 0.25) is 5.95 Å². The van der Waals surface area contributed by atoms with Gasteiger partial charge < -0.3 is 14.4 Å². The van der Waals surface area contributed by atoms with Crippen LogP contribution in [-0.4, -0.2) is 55.8 Å². The lowest BCUT2D eigenvalue weighted by Crippen LogP contribution is -2.38. The van der Waals surface area contributed by atoms with E-state index >= 15 is 0 Å². The minimum absolute atomic E-state index is 0.179. The number of hydrogen-bond donors (Lipinski definition) is 0. The summed E-state index contributed by atoms with van der Waals surface area (Å²) in [6, 6.07) is 14.8. The van der Waals surface area contributed by atoms with Crippen molar-refractivity contribution in [2.45, 2.75) is 12.6 Å². The standard InChI is InChI=1S/C24H27FN4O2/c1-28(2)24-26-14-20(17-8-10-19(30-3)11-9-17)23(27-24)22-16-29(12-13-31-22)15-18-6-4-5-7-21(18)25/h4-11,14,22H,12-13,15-16H2,1-3H3/t22-/m1/s1. The highest BCUT2D eigenvalue weighted by Gasteiger charge is 2.27. The van der Waals surface area contributed by atoms with Crippen LogP contribution in [0, 0.1) is 5.82 Å². The minimum atomic E-state index is -0.237. The number of methoxy groups -OCH3 is 1. The van der Waals surface area contributed by atoms with E-state index in [1.165, 1.54) is 6.07 Å². The molecule has 1 aromatic heterocycles. The van der Waals surface area contributed by atoms with Crippen molar-refractivity contribution < 1.29 is 13.9 Å². The van der Waals surface area contributed by atoms with Gasteiger partial charge in [-0.1, -0.05) is 30.3 Å². The third-order valence-corrected chi connectivity index (χ3v) is 5.41. The number of hydrogen-bond acceptors (Lipinski definition) is 6. The van der Waals surface area contributed by atoms with Crippen molar-refractivity contribution >= 4 is 5.95 Å². The molecule has 0 radical (unpaired) electrons. The van der Waals surface area contributed by atoms with Crippen molar-refractivity contribution in [3.63, 3.8) is 0 Å². The van der Waals surface area contributed by atoms with E-state index in [-0.39, 0.29) is 11.9 Å². The van der Waals surface area contributed by atoms with Crippen LogP contribution in [0.5, 0.6) is 5.75 Å². The van der Waals surface area contributed by atoms with Crippen LogP contribution >= 0.6 is 0 Å². The smallest absolute Gasteiger partial charge is 0.225 e. The second kappa shape index (κ2) is 9.41. The molecule has 0 bridgehead atoms. The number of ether oxygens (including phenoxy) is 2. The molecule has 0 aliphatic carbocycles. The van der Waals surface area contributed by atoms with Crippen LogP contribution in [0.1, 0.15) is 17.4 Å². The van der Waals surface area contributed by atoms with Crippen molar-refractivity contribution in [2.75, 3.05) is 45.8 Å². The van der Waals surface area contributed by atoms with E-state index in [4.69, 9.17) is 14.5 Å². The summed E-state index contributed by atoms with van der Waals surface area (Å²) in [5.41, 5.74) is 3.44. The maximum atomic E-state index is 14.2. The zero-order valence-corrected chi connectivity index (χ0v) is 18.1. The maximum absolute atomic E-state index is 14.2. The number of nitrogens with zero attached hydrogens (tertiary/aromatic N) is 4. The SMILES string of the molecule is COc1ccc(-c2cnc(N(C)C)nc2[C@H]2CN(Cc3ccccc3F)CCO2)cc1. The van der Waals surface area contributed by atoms with Gasteiger partial charge in [0.25, 0.3) is 0 Å². The molecule has 6 nitrogen and oxygen atoms in total. The summed E-state index contributed by atoms with van der Waals surface area (Å²) in [6.45, 7) is 2.47. The lowest BCUT2D eigenvalue weighted by molar-refractivity contribution is -0.0349. The average molecular weight is 423 g/mol. The second-order valence-corrected chi connectivity index (χ2v) is 7.78. The maximum Gasteiger partial charge on any atom is 0.225 e. The van der Waals surface area contributed by atoms with Gasteiger partial charge in [0.05, 0.1) is 19.4 Å². The monoisotopic (exact) mass is 422 g/mol. The zero-order valence-electron chi connectivity index (χ0n) is 18.1. The molecule has 162 valence electrons. The Morgan fingerprint density at radius 3 is 2.65 bits per heavy atom. The van der Waals surface area contributed by atoms with Gasteiger partial charge in [-0.3, -0.25) is 4.90 Å². The van der Waals surface area contributed by atoms with E-state index in [9.17, 15) is 4.39 Å². The Kier molecular flexibility index (Phi) is 6.44. The zero-order chi connectivity index (χ0) is 21.8. The summed E-state index contributed by atoms with van der Waals surface area (Å²) in [5, 5.41) is 0. The fourth-order valence-electron chi connectivity index (χ4n) is 3.72. The highest BCUT2D eigenvalue weighted by Crippen LogP contribution is 2.32. The van der Waals surface area contributed by atoms with Crippen molar-refractivity contribution in [1.29, 1.82) is 0 Å². The predicted octanol–water partition coefficient (Wildman–Crippen LogP) is 3.93. The number of halogens is 1. The average Bonchev–Trinajstić information content (AvgIpc) is 2.80. The highest BCUT2D eigenvalue weighted by atomic mass is 19.1. The molecule has 4 rings (SSSR count). The molecule has 0 unspecified atom stereocenters. The van der Waals surface area contributed by atoms with Crippen molar-refractivity contribution in [1.82, 2.24) is 14.9 Å². The molecule has 0 spiro atoms. The summed E-state index contributed by atoms with van der Waals surface area (Å²) in [7, 11) is 5.48. The lowest BCUT2D eigenvalue weighted by Gasteiger charge is -2.33. The quantitative estimate of drug-likeness (QED) is 0.600. The van der Waals surface area contributed by atoms with E-state index in [0.717, 1.165) is 29.1 Å². The summed E-state index contributed by atoms with van der Waals surface area (Å²) in [6.07, 6.45) is 1.61. The molecule has 31 heavy (non-hydrogen) atoms. The molecule has 7 heteroatoms. The minimum Gasteiger partial charge on any atom is -0.497 e. The molecule has 0 N–H and O–H groups in total. The largest absolute Gasteiger partial charge is 0.497 e. The normalized spacial score (nSPS) is 16.8. The highest BCUT2D eigenvalue weighted by molar-refractivity contribution is 5.67. The molecule has 0 amide bonds. The molecule has 0 saturated carbocycles. The van der Waals surface area contributed by atoms with Crippen LogP contribution in [0.4, 0.5) is 10.3 Å². The molecular formula is C24H27FN4O2. The van der Waals surface area contributed by atoms with Gasteiger partial charge >= 0.3 is 0 Å². The molecular weight excluding hydrogens is 395 g/mol. The molecule has 1 atom stereocenters. The summed E-state index contributed by atoms with van der Waals surface area (Å²) in [5.74, 6) is 1.24. The van der Waals surface area contributed by atoms with Crippen LogP contribution in [0.2, 0.25) is 0 Å². The Morgan fingerprint density at radius 2 is 1.94 bits per heavy atom. The number of benzene rings is 2. The first-order chi connectivity index (χ1) is 15.0. The van der Waals surface area contributed by atoms with E-state index in [2.05, 4.69) is 9.88 Å². The summed E-state index contributed by atoms with van der Waals surface area (Å²) >= 11 is 0. The van der Waals surface area contributed by atoms with Gasteiger partial charge in [-0.25, -0.2) is 14.4 Å². The number of morpholine rings is 1. The van der Waals surface area contributed by atoms with Gasteiger partial charge in [-0.15, -0.1) is 0 Å². The Balaban J connectivity index is 1.64. The van der Waals surface area contributed by atoms with Gasteiger partial charge in [0, 0.05) is 51.1 Å². The first-order valence-corrected chi connectivity index (χ1v) is 10.3. The van der Waals surface area contributed by atoms with Crippen LogP contribution in [0.3, 0.4) is 0 Å². The molecule has 1 aliphatic rings. The van der Waals surface area contributed by atoms with Gasteiger partial charge in [-0.05, 0) is 23.8 Å². The fourth-order valence-corrected chi connectivity index (χ4v) is 3.72. The molecule has 2 aromatic carbocycles. The Bertz CT molecular complexity index is 1030. The first-order valence-electron chi connectivity index (χ1n) is 10.3.